The van der Waals surface area contributed by atoms with Crippen LogP contribution >= 0.6 is 0 Å². The third-order valence-electron chi connectivity index (χ3n) is 5.45. The van der Waals surface area contributed by atoms with Crippen molar-refractivity contribution in [3.05, 3.63) is 59.7 Å². The average molecular weight is 455 g/mol. The summed E-state index contributed by atoms with van der Waals surface area (Å²) >= 11 is 0. The lowest BCUT2D eigenvalue weighted by molar-refractivity contribution is 0.0684. The Morgan fingerprint density at radius 2 is 1.48 bits per heavy atom. The first-order valence-corrected chi connectivity index (χ1v) is 11.2. The van der Waals surface area contributed by atoms with Crippen molar-refractivity contribution < 1.29 is 28.6 Å². The Morgan fingerprint density at radius 3 is 2.09 bits per heavy atom. The summed E-state index contributed by atoms with van der Waals surface area (Å²) < 4.78 is 15.1. The van der Waals surface area contributed by atoms with Gasteiger partial charge in [0.2, 0.25) is 0 Å². The molecule has 3 rings (SSSR count). The van der Waals surface area contributed by atoms with E-state index in [1.807, 2.05) is 24.0 Å². The predicted molar refractivity (Wildman–Crippen MR) is 123 cm³/mol. The lowest BCUT2D eigenvalue weighted by atomic mass is 9.96. The molecular weight excluding hydrogens is 424 g/mol. The van der Waals surface area contributed by atoms with Crippen molar-refractivity contribution in [3.8, 4) is 11.5 Å². The van der Waals surface area contributed by atoms with E-state index in [1.165, 1.54) is 0 Å². The molecule has 0 bridgehead atoms. The largest absolute Gasteiger partial charge is 0.513 e. The van der Waals surface area contributed by atoms with Gasteiger partial charge in [0, 0.05) is 30.8 Å². The monoisotopic (exact) mass is 454 g/mol. The third-order valence-corrected chi connectivity index (χ3v) is 5.45. The molecule has 33 heavy (non-hydrogen) atoms. The Bertz CT molecular complexity index is 934. The highest BCUT2D eigenvalue weighted by atomic mass is 16.7. The van der Waals surface area contributed by atoms with E-state index in [2.05, 4.69) is 5.32 Å². The number of ether oxygens (including phenoxy) is 3. The Balaban J connectivity index is 1.42. The van der Waals surface area contributed by atoms with Crippen LogP contribution in [-0.2, 0) is 4.74 Å². The number of benzene rings is 2. The van der Waals surface area contributed by atoms with E-state index in [1.54, 1.807) is 43.3 Å². The number of hydrogen-bond donors (Lipinski definition) is 1. The van der Waals surface area contributed by atoms with Gasteiger partial charge in [-0.05, 0) is 81.1 Å². The second-order valence-corrected chi connectivity index (χ2v) is 7.71. The summed E-state index contributed by atoms with van der Waals surface area (Å²) in [5, 5.41) is 2.95. The molecule has 0 aromatic heterocycles. The van der Waals surface area contributed by atoms with E-state index in [-0.39, 0.29) is 18.4 Å². The van der Waals surface area contributed by atoms with Gasteiger partial charge in [-0.1, -0.05) is 0 Å². The van der Waals surface area contributed by atoms with Gasteiger partial charge in [0.1, 0.15) is 11.5 Å². The van der Waals surface area contributed by atoms with Crippen molar-refractivity contribution in [1.82, 2.24) is 10.2 Å². The summed E-state index contributed by atoms with van der Waals surface area (Å²) in [5.74, 6) is 1.21. The summed E-state index contributed by atoms with van der Waals surface area (Å²) in [6.07, 6.45) is 0.882. The Morgan fingerprint density at radius 1 is 0.879 bits per heavy atom. The van der Waals surface area contributed by atoms with Gasteiger partial charge in [-0.25, -0.2) is 4.79 Å². The highest BCUT2D eigenvalue weighted by Crippen LogP contribution is 2.20. The van der Waals surface area contributed by atoms with Crippen LogP contribution in [0.1, 0.15) is 47.4 Å². The lowest BCUT2D eigenvalue weighted by Crippen LogP contribution is -2.41. The van der Waals surface area contributed by atoms with Crippen LogP contribution in [0.15, 0.2) is 48.5 Å². The smallest absolute Gasteiger partial charge is 0.494 e. The van der Waals surface area contributed by atoms with E-state index in [4.69, 9.17) is 14.2 Å². The fourth-order valence-electron chi connectivity index (χ4n) is 3.64. The van der Waals surface area contributed by atoms with Crippen LogP contribution in [0.3, 0.4) is 0 Å². The number of carbonyl (C=O) groups excluding carboxylic acids is 3. The van der Waals surface area contributed by atoms with Crippen molar-refractivity contribution in [1.29, 1.82) is 0 Å². The fourth-order valence-corrected chi connectivity index (χ4v) is 3.64. The van der Waals surface area contributed by atoms with Gasteiger partial charge in [-0.2, -0.15) is 0 Å². The van der Waals surface area contributed by atoms with Crippen molar-refractivity contribution in [2.24, 2.45) is 5.92 Å². The van der Waals surface area contributed by atoms with Crippen molar-refractivity contribution >= 4 is 18.0 Å². The number of piperidine rings is 1. The summed E-state index contributed by atoms with van der Waals surface area (Å²) in [6, 6.07) is 13.5. The molecule has 2 amide bonds. The molecule has 0 atom stereocenters. The van der Waals surface area contributed by atoms with Gasteiger partial charge < -0.3 is 24.4 Å². The quantitative estimate of drug-likeness (QED) is 0.480. The van der Waals surface area contributed by atoms with Crippen molar-refractivity contribution in [2.75, 3.05) is 32.8 Å². The first kappa shape index (κ1) is 24.1. The van der Waals surface area contributed by atoms with Crippen molar-refractivity contribution in [3.63, 3.8) is 0 Å². The predicted octanol–water partition coefficient (Wildman–Crippen LogP) is 3.90. The van der Waals surface area contributed by atoms with Crippen molar-refractivity contribution in [2.45, 2.75) is 26.7 Å². The van der Waals surface area contributed by atoms with E-state index in [9.17, 15) is 14.4 Å². The zero-order valence-corrected chi connectivity index (χ0v) is 19.0. The summed E-state index contributed by atoms with van der Waals surface area (Å²) in [4.78, 5) is 38.4. The number of amides is 2. The lowest BCUT2D eigenvalue weighted by Gasteiger charge is -2.32. The maximum atomic E-state index is 12.7. The molecule has 8 nitrogen and oxygen atoms in total. The standard InChI is InChI=1S/C25H30N2O6/c1-3-31-21-9-7-20(8-10-21)24(29)27-15-13-18(14-16-27)17-26-23(28)19-5-11-22(12-6-19)33-25(30)32-4-2/h5-12,18H,3-4,13-17H2,1-2H3,(H,26,28). The zero-order chi connectivity index (χ0) is 23.6. The van der Waals surface area contributed by atoms with Crippen LogP contribution < -0.4 is 14.8 Å². The third kappa shape index (κ3) is 6.97. The molecule has 1 heterocycles. The minimum absolute atomic E-state index is 0.0191. The van der Waals surface area contributed by atoms with Crippen LogP contribution in [0.4, 0.5) is 4.79 Å². The Labute approximate surface area is 193 Å². The number of rotatable bonds is 8. The SMILES string of the molecule is CCOC(=O)Oc1ccc(C(=O)NCC2CCN(C(=O)c3ccc(OCC)cc3)CC2)cc1. The number of likely N-dealkylation sites (tertiary alicyclic amines) is 1. The fraction of sp³-hybridized carbons (Fsp3) is 0.400. The Hall–Kier alpha value is -3.55. The molecule has 0 saturated carbocycles. The highest BCUT2D eigenvalue weighted by molar-refractivity contribution is 5.95. The van der Waals surface area contributed by atoms with Crippen LogP contribution in [0.2, 0.25) is 0 Å². The summed E-state index contributed by atoms with van der Waals surface area (Å²) in [6.45, 7) is 6.30. The second-order valence-electron chi connectivity index (χ2n) is 7.71. The molecule has 176 valence electrons. The number of hydrogen-bond acceptors (Lipinski definition) is 6. The van der Waals surface area contributed by atoms with Gasteiger partial charge in [0.25, 0.3) is 11.8 Å². The first-order valence-electron chi connectivity index (χ1n) is 11.2. The molecule has 0 unspecified atom stereocenters. The zero-order valence-electron chi connectivity index (χ0n) is 19.0. The van der Waals surface area contributed by atoms with E-state index < -0.39 is 6.16 Å². The molecule has 8 heteroatoms. The second kappa shape index (κ2) is 11.9. The topological polar surface area (TPSA) is 94.2 Å². The number of carbonyl (C=O) groups is 3. The van der Waals surface area contributed by atoms with E-state index in [0.717, 1.165) is 18.6 Å². The molecule has 0 radical (unpaired) electrons. The van der Waals surface area contributed by atoms with Gasteiger partial charge in [-0.15, -0.1) is 0 Å². The molecule has 1 saturated heterocycles. The van der Waals surface area contributed by atoms with Crippen LogP contribution in [0.5, 0.6) is 11.5 Å². The van der Waals surface area contributed by atoms with Gasteiger partial charge >= 0.3 is 6.16 Å². The molecule has 0 spiro atoms. The number of nitrogens with zero attached hydrogens (tertiary/aromatic N) is 1. The first-order chi connectivity index (χ1) is 16.0. The minimum atomic E-state index is -0.776. The summed E-state index contributed by atoms with van der Waals surface area (Å²) in [5.41, 5.74) is 1.13. The molecule has 1 aliphatic heterocycles. The molecule has 1 N–H and O–H groups in total. The normalized spacial score (nSPS) is 13.8. The van der Waals surface area contributed by atoms with E-state index in [0.29, 0.717) is 49.0 Å². The molecule has 1 aliphatic rings. The number of nitrogens with one attached hydrogen (secondary N) is 1. The van der Waals surface area contributed by atoms with Crippen LogP contribution in [0, 0.1) is 5.92 Å². The molecule has 2 aromatic rings. The minimum Gasteiger partial charge on any atom is -0.494 e. The Kier molecular flexibility index (Phi) is 8.69. The molecule has 1 fully saturated rings. The molecular formula is C25H30N2O6. The highest BCUT2D eigenvalue weighted by Gasteiger charge is 2.24. The maximum absolute atomic E-state index is 12.7. The van der Waals surface area contributed by atoms with Gasteiger partial charge in [-0.3, -0.25) is 9.59 Å². The molecule has 2 aromatic carbocycles. The summed E-state index contributed by atoms with van der Waals surface area (Å²) in [7, 11) is 0. The van der Waals surface area contributed by atoms with Crippen LogP contribution in [0.25, 0.3) is 0 Å². The van der Waals surface area contributed by atoms with Gasteiger partial charge in [0.15, 0.2) is 0 Å². The van der Waals surface area contributed by atoms with E-state index >= 15 is 0 Å². The van der Waals surface area contributed by atoms with Gasteiger partial charge in [0.05, 0.1) is 13.2 Å². The van der Waals surface area contributed by atoms with Crippen LogP contribution in [-0.4, -0.2) is 55.7 Å². The maximum Gasteiger partial charge on any atom is 0.513 e. The average Bonchev–Trinajstić information content (AvgIpc) is 2.84. The molecule has 0 aliphatic carbocycles.